The van der Waals surface area contributed by atoms with Gasteiger partial charge in [-0.25, -0.2) is 0 Å². The Bertz CT molecular complexity index is 396. The second-order valence-corrected chi connectivity index (χ2v) is 3.76. The number of benzene rings is 1. The summed E-state index contributed by atoms with van der Waals surface area (Å²) in [4.78, 5) is 0. The van der Waals surface area contributed by atoms with Gasteiger partial charge in [-0.15, -0.1) is 0 Å². The summed E-state index contributed by atoms with van der Waals surface area (Å²) in [5, 5.41) is 0. The minimum Gasteiger partial charge on any atom is -0.0946 e. The van der Waals surface area contributed by atoms with E-state index in [0.29, 0.717) is 5.92 Å². The Morgan fingerprint density at radius 1 is 1.23 bits per heavy atom. The zero-order valence-corrected chi connectivity index (χ0v) is 8.22. The second-order valence-electron chi connectivity index (χ2n) is 3.76. The van der Waals surface area contributed by atoms with Crippen molar-refractivity contribution in [3.63, 3.8) is 0 Å². The van der Waals surface area contributed by atoms with E-state index in [4.69, 9.17) is 0 Å². The van der Waals surface area contributed by atoms with E-state index in [1.807, 2.05) is 0 Å². The van der Waals surface area contributed by atoms with Crippen LogP contribution in [0.15, 0.2) is 36.9 Å². The van der Waals surface area contributed by atoms with Gasteiger partial charge in [0.05, 0.1) is 0 Å². The Morgan fingerprint density at radius 2 is 1.92 bits per heavy atom. The largest absolute Gasteiger partial charge is 0.0946 e. The quantitative estimate of drug-likeness (QED) is 0.557. The summed E-state index contributed by atoms with van der Waals surface area (Å²) in [6.45, 7) is 12.5. The lowest BCUT2D eigenvalue weighted by molar-refractivity contribution is 0.961. The maximum Gasteiger partial charge on any atom is 0.00673 e. The molecule has 0 saturated heterocycles. The van der Waals surface area contributed by atoms with Crippen LogP contribution < -0.4 is 0 Å². The fraction of sp³-hybridized carbons (Fsp3) is 0.231. The van der Waals surface area contributed by atoms with E-state index in [1.54, 1.807) is 0 Å². The average molecular weight is 170 g/mol. The van der Waals surface area contributed by atoms with Crippen molar-refractivity contribution in [1.29, 1.82) is 0 Å². The molecule has 1 aliphatic carbocycles. The van der Waals surface area contributed by atoms with Crippen molar-refractivity contribution in [2.45, 2.75) is 19.8 Å². The van der Waals surface area contributed by atoms with Crippen LogP contribution >= 0.6 is 0 Å². The van der Waals surface area contributed by atoms with Gasteiger partial charge in [0, 0.05) is 5.92 Å². The Labute approximate surface area is 79.6 Å². The molecule has 2 rings (SSSR count). The predicted molar refractivity (Wildman–Crippen MR) is 57.8 cm³/mol. The molecular formula is C13H14. The molecule has 0 amide bonds. The number of fused-ring (bicyclic) bond motifs is 1. The number of allylic oxidation sites excluding steroid dienone is 2. The predicted octanol–water partition coefficient (Wildman–Crippen LogP) is 3.68. The average Bonchev–Trinajstić information content (AvgIpc) is 2.33. The van der Waals surface area contributed by atoms with Gasteiger partial charge in [-0.1, -0.05) is 38.3 Å². The summed E-state index contributed by atoms with van der Waals surface area (Å²) < 4.78 is 0. The molecule has 1 atom stereocenters. The molecule has 0 saturated carbocycles. The van der Waals surface area contributed by atoms with E-state index in [9.17, 15) is 0 Å². The molecule has 0 N–H and O–H groups in total. The highest BCUT2D eigenvalue weighted by Gasteiger charge is 2.26. The minimum absolute atomic E-state index is 0.447. The normalized spacial score (nSPS) is 20.6. The van der Waals surface area contributed by atoms with Crippen LogP contribution in [0.3, 0.4) is 0 Å². The molecule has 0 heterocycles. The van der Waals surface area contributed by atoms with Gasteiger partial charge in [-0.2, -0.15) is 0 Å². The van der Waals surface area contributed by atoms with Crippen molar-refractivity contribution in [1.82, 2.24) is 0 Å². The molecule has 13 heavy (non-hydrogen) atoms. The number of hydrogen-bond donors (Lipinski definition) is 0. The maximum atomic E-state index is 4.09. The number of aryl methyl sites for hydroxylation is 1. The highest BCUT2D eigenvalue weighted by molar-refractivity contribution is 5.87. The third-order valence-electron chi connectivity index (χ3n) is 2.98. The van der Waals surface area contributed by atoms with Gasteiger partial charge in [0.1, 0.15) is 0 Å². The molecular weight excluding hydrogens is 156 g/mol. The van der Waals surface area contributed by atoms with E-state index in [2.05, 4.69) is 45.2 Å². The van der Waals surface area contributed by atoms with Crippen molar-refractivity contribution in [3.8, 4) is 0 Å². The molecule has 1 aromatic carbocycles. The van der Waals surface area contributed by atoms with Crippen molar-refractivity contribution < 1.29 is 0 Å². The summed E-state index contributed by atoms with van der Waals surface area (Å²) >= 11 is 0. The van der Waals surface area contributed by atoms with Crippen molar-refractivity contribution >= 4 is 5.57 Å². The van der Waals surface area contributed by atoms with Gasteiger partial charge >= 0.3 is 0 Å². The lowest BCUT2D eigenvalue weighted by Gasteiger charge is -2.04. The van der Waals surface area contributed by atoms with Gasteiger partial charge in [0.2, 0.25) is 0 Å². The van der Waals surface area contributed by atoms with Gasteiger partial charge in [-0.3, -0.25) is 0 Å². The van der Waals surface area contributed by atoms with Gasteiger partial charge in [0.25, 0.3) is 0 Å². The van der Waals surface area contributed by atoms with Crippen LogP contribution in [-0.4, -0.2) is 0 Å². The lowest BCUT2D eigenvalue weighted by Crippen LogP contribution is -1.88. The molecule has 0 aliphatic heterocycles. The van der Waals surface area contributed by atoms with Crippen LogP contribution in [0.5, 0.6) is 0 Å². The van der Waals surface area contributed by atoms with Gasteiger partial charge < -0.3 is 0 Å². The molecule has 66 valence electrons. The topological polar surface area (TPSA) is 0 Å². The third kappa shape index (κ3) is 0.983. The van der Waals surface area contributed by atoms with E-state index in [0.717, 1.165) is 5.57 Å². The first-order valence-electron chi connectivity index (χ1n) is 4.61. The van der Waals surface area contributed by atoms with E-state index in [1.165, 1.54) is 22.3 Å². The Kier molecular flexibility index (Phi) is 1.66. The number of rotatable bonds is 0. The SMILES string of the molecule is C=C1C(=C)C(C)c2cccc(C)c21. The highest BCUT2D eigenvalue weighted by atomic mass is 14.3. The Hall–Kier alpha value is -1.30. The molecule has 0 heteroatoms. The van der Waals surface area contributed by atoms with E-state index >= 15 is 0 Å². The van der Waals surface area contributed by atoms with Crippen molar-refractivity contribution in [3.05, 3.63) is 53.6 Å². The smallest absolute Gasteiger partial charge is 0.00673 e. The molecule has 1 aliphatic rings. The molecule has 0 fully saturated rings. The first kappa shape index (κ1) is 8.31. The van der Waals surface area contributed by atoms with Crippen LogP contribution in [-0.2, 0) is 0 Å². The molecule has 0 spiro atoms. The number of hydrogen-bond acceptors (Lipinski definition) is 0. The van der Waals surface area contributed by atoms with Crippen LogP contribution in [0.1, 0.15) is 29.5 Å². The Morgan fingerprint density at radius 3 is 2.54 bits per heavy atom. The first-order valence-corrected chi connectivity index (χ1v) is 4.61. The van der Waals surface area contributed by atoms with Crippen LogP contribution in [0.2, 0.25) is 0 Å². The maximum absolute atomic E-state index is 4.09. The standard InChI is InChI=1S/C13H14/c1-8-6-5-7-12-10(3)9(2)11(4)13(8)12/h5-7,10H,2,4H2,1,3H3. The zero-order chi connectivity index (χ0) is 9.59. The Balaban J connectivity index is 2.73. The van der Waals surface area contributed by atoms with Gasteiger partial charge in [-0.05, 0) is 34.8 Å². The van der Waals surface area contributed by atoms with Crippen LogP contribution in [0.25, 0.3) is 5.57 Å². The monoisotopic (exact) mass is 170 g/mol. The lowest BCUT2D eigenvalue weighted by atomic mass is 10.00. The summed E-state index contributed by atoms with van der Waals surface area (Å²) in [6, 6.07) is 6.42. The molecule has 0 bridgehead atoms. The van der Waals surface area contributed by atoms with Crippen molar-refractivity contribution in [2.24, 2.45) is 0 Å². The first-order chi connectivity index (χ1) is 6.13. The second kappa shape index (κ2) is 2.59. The van der Waals surface area contributed by atoms with E-state index in [-0.39, 0.29) is 0 Å². The van der Waals surface area contributed by atoms with Gasteiger partial charge in [0.15, 0.2) is 0 Å². The summed E-state index contributed by atoms with van der Waals surface area (Å²) in [6.07, 6.45) is 0. The molecule has 0 aromatic heterocycles. The van der Waals surface area contributed by atoms with E-state index < -0.39 is 0 Å². The molecule has 0 radical (unpaired) electrons. The summed E-state index contributed by atoms with van der Waals surface area (Å²) in [5.41, 5.74) is 6.31. The highest BCUT2D eigenvalue weighted by Crippen LogP contribution is 2.44. The minimum atomic E-state index is 0.447. The molecule has 0 nitrogen and oxygen atoms in total. The fourth-order valence-electron chi connectivity index (χ4n) is 2.07. The molecule has 1 unspecified atom stereocenters. The third-order valence-corrected chi connectivity index (χ3v) is 2.98. The fourth-order valence-corrected chi connectivity index (χ4v) is 2.07. The van der Waals surface area contributed by atoms with Crippen LogP contribution in [0, 0.1) is 6.92 Å². The van der Waals surface area contributed by atoms with Crippen molar-refractivity contribution in [2.75, 3.05) is 0 Å². The zero-order valence-electron chi connectivity index (χ0n) is 8.22. The summed E-state index contributed by atoms with van der Waals surface area (Å²) in [5.74, 6) is 0.447. The van der Waals surface area contributed by atoms with Crippen LogP contribution in [0.4, 0.5) is 0 Å². The summed E-state index contributed by atoms with van der Waals surface area (Å²) in [7, 11) is 0. The molecule has 1 aromatic rings.